The largest absolute Gasteiger partial charge is 0.368 e. The molecule has 1 aliphatic heterocycles. The Balaban J connectivity index is 1.43. The summed E-state index contributed by atoms with van der Waals surface area (Å²) in [6, 6.07) is 13.9. The fourth-order valence-corrected chi connectivity index (χ4v) is 4.41. The van der Waals surface area contributed by atoms with Crippen molar-refractivity contribution in [2.75, 3.05) is 31.1 Å². The number of carbonyl (C=O) groups excluding carboxylic acids is 1. The summed E-state index contributed by atoms with van der Waals surface area (Å²) in [6.07, 6.45) is 0. The number of hydrogen-bond donors (Lipinski definition) is 0. The number of aromatic nitrogens is 1. The van der Waals surface area contributed by atoms with Gasteiger partial charge in [0, 0.05) is 47.8 Å². The topological polar surface area (TPSA) is 36.4 Å². The first-order valence-electron chi connectivity index (χ1n) is 9.35. The Bertz CT molecular complexity index is 991. The number of piperazine rings is 1. The normalized spacial score (nSPS) is 14.4. The predicted octanol–water partition coefficient (Wildman–Crippen LogP) is 5.04. The Labute approximate surface area is 174 Å². The zero-order valence-corrected chi connectivity index (χ0v) is 17.6. The van der Waals surface area contributed by atoms with Crippen LogP contribution in [-0.2, 0) is 0 Å². The first-order chi connectivity index (χ1) is 13.5. The molecule has 0 spiro atoms. The second-order valence-electron chi connectivity index (χ2n) is 7.04. The maximum atomic E-state index is 12.9. The van der Waals surface area contributed by atoms with Crippen LogP contribution >= 0.6 is 22.9 Å². The van der Waals surface area contributed by atoms with Crippen LogP contribution in [0.5, 0.6) is 0 Å². The number of anilines is 1. The zero-order chi connectivity index (χ0) is 19.7. The molecule has 1 amide bonds. The van der Waals surface area contributed by atoms with Crippen molar-refractivity contribution in [3.05, 3.63) is 69.7 Å². The number of thiazole rings is 1. The highest BCUT2D eigenvalue weighted by Gasteiger charge is 2.25. The molecule has 2 aromatic carbocycles. The summed E-state index contributed by atoms with van der Waals surface area (Å²) in [6.45, 7) is 7.39. The third-order valence-electron chi connectivity index (χ3n) is 5.30. The summed E-state index contributed by atoms with van der Waals surface area (Å²) in [7, 11) is 0. The maximum absolute atomic E-state index is 12.9. The second kappa shape index (κ2) is 7.94. The molecule has 0 aliphatic carbocycles. The summed E-state index contributed by atoms with van der Waals surface area (Å²) in [4.78, 5) is 21.7. The van der Waals surface area contributed by atoms with Crippen LogP contribution in [0.15, 0.2) is 47.8 Å². The molecule has 0 bridgehead atoms. The van der Waals surface area contributed by atoms with E-state index in [1.54, 1.807) is 0 Å². The van der Waals surface area contributed by atoms with Gasteiger partial charge in [-0.1, -0.05) is 35.9 Å². The van der Waals surface area contributed by atoms with E-state index >= 15 is 0 Å². The van der Waals surface area contributed by atoms with E-state index in [2.05, 4.69) is 41.9 Å². The minimum atomic E-state index is 0.0112. The molecule has 0 atom stereocenters. The lowest BCUT2D eigenvalue weighted by molar-refractivity contribution is 0.0742. The van der Waals surface area contributed by atoms with Crippen molar-refractivity contribution < 1.29 is 4.79 Å². The lowest BCUT2D eigenvalue weighted by Crippen LogP contribution is -2.49. The van der Waals surface area contributed by atoms with Gasteiger partial charge in [0.25, 0.3) is 5.91 Å². The minimum absolute atomic E-state index is 0.0112. The average Bonchev–Trinajstić information content (AvgIpc) is 3.20. The number of carbonyl (C=O) groups is 1. The molecule has 1 aliphatic rings. The summed E-state index contributed by atoms with van der Waals surface area (Å²) in [5, 5.41) is 3.39. The SMILES string of the molecule is Cc1cccc(N2CCN(C(=O)c3csc(-c4ccc(Cl)cc4)n3)CC2)c1C. The van der Waals surface area contributed by atoms with E-state index in [9.17, 15) is 4.79 Å². The highest BCUT2D eigenvalue weighted by atomic mass is 35.5. The Morgan fingerprint density at radius 2 is 1.75 bits per heavy atom. The average molecular weight is 412 g/mol. The van der Waals surface area contributed by atoms with Crippen molar-refractivity contribution in [1.29, 1.82) is 0 Å². The zero-order valence-electron chi connectivity index (χ0n) is 16.0. The number of amides is 1. The standard InChI is InChI=1S/C22H22ClN3OS/c1-15-4-3-5-20(16(15)2)25-10-12-26(13-11-25)22(27)19-14-28-21(24-19)17-6-8-18(23)9-7-17/h3-9,14H,10-13H2,1-2H3. The number of halogens is 1. The van der Waals surface area contributed by atoms with Gasteiger partial charge in [0.15, 0.2) is 0 Å². The molecule has 2 heterocycles. The van der Waals surface area contributed by atoms with Crippen LogP contribution in [0.2, 0.25) is 5.02 Å². The van der Waals surface area contributed by atoms with Gasteiger partial charge in [-0.15, -0.1) is 11.3 Å². The Morgan fingerprint density at radius 1 is 1.04 bits per heavy atom. The van der Waals surface area contributed by atoms with Crippen LogP contribution in [0.25, 0.3) is 10.6 Å². The molecule has 1 saturated heterocycles. The minimum Gasteiger partial charge on any atom is -0.368 e. The first kappa shape index (κ1) is 19.0. The molecule has 144 valence electrons. The van der Waals surface area contributed by atoms with Crippen molar-refractivity contribution in [3.8, 4) is 10.6 Å². The summed E-state index contributed by atoms with van der Waals surface area (Å²) >= 11 is 7.44. The van der Waals surface area contributed by atoms with Crippen molar-refractivity contribution in [3.63, 3.8) is 0 Å². The third-order valence-corrected chi connectivity index (χ3v) is 6.44. The molecular formula is C22H22ClN3OS. The lowest BCUT2D eigenvalue weighted by Gasteiger charge is -2.36. The number of hydrogen-bond acceptors (Lipinski definition) is 4. The van der Waals surface area contributed by atoms with E-state index < -0.39 is 0 Å². The molecule has 1 fully saturated rings. The molecule has 4 rings (SSSR count). The van der Waals surface area contributed by atoms with Gasteiger partial charge >= 0.3 is 0 Å². The fourth-order valence-electron chi connectivity index (χ4n) is 3.49. The van der Waals surface area contributed by atoms with Crippen LogP contribution < -0.4 is 4.90 Å². The highest BCUT2D eigenvalue weighted by molar-refractivity contribution is 7.13. The van der Waals surface area contributed by atoms with E-state index in [-0.39, 0.29) is 5.91 Å². The fraction of sp³-hybridized carbons (Fsp3) is 0.273. The van der Waals surface area contributed by atoms with Crippen molar-refractivity contribution in [2.45, 2.75) is 13.8 Å². The molecule has 0 unspecified atom stereocenters. The van der Waals surface area contributed by atoms with Crippen molar-refractivity contribution >= 4 is 34.5 Å². The Morgan fingerprint density at radius 3 is 2.46 bits per heavy atom. The van der Waals surface area contributed by atoms with Gasteiger partial charge in [0.05, 0.1) is 0 Å². The first-order valence-corrected chi connectivity index (χ1v) is 10.6. The lowest BCUT2D eigenvalue weighted by atomic mass is 10.1. The van der Waals surface area contributed by atoms with Gasteiger partial charge in [-0.3, -0.25) is 4.79 Å². The van der Waals surface area contributed by atoms with Gasteiger partial charge in [0.1, 0.15) is 10.7 Å². The molecule has 4 nitrogen and oxygen atoms in total. The Kier molecular flexibility index (Phi) is 5.38. The van der Waals surface area contributed by atoms with Crippen LogP contribution in [0.4, 0.5) is 5.69 Å². The smallest absolute Gasteiger partial charge is 0.273 e. The highest BCUT2D eigenvalue weighted by Crippen LogP contribution is 2.27. The van der Waals surface area contributed by atoms with Crippen LogP contribution in [0.3, 0.4) is 0 Å². The molecule has 0 saturated carbocycles. The van der Waals surface area contributed by atoms with Gasteiger partial charge in [-0.25, -0.2) is 4.98 Å². The van der Waals surface area contributed by atoms with Gasteiger partial charge in [-0.05, 0) is 43.2 Å². The number of rotatable bonds is 3. The number of aryl methyl sites for hydroxylation is 1. The maximum Gasteiger partial charge on any atom is 0.273 e. The molecule has 0 radical (unpaired) electrons. The van der Waals surface area contributed by atoms with Gasteiger partial charge < -0.3 is 9.80 Å². The van der Waals surface area contributed by atoms with Crippen molar-refractivity contribution in [2.24, 2.45) is 0 Å². The molecule has 28 heavy (non-hydrogen) atoms. The summed E-state index contributed by atoms with van der Waals surface area (Å²) in [5.74, 6) is 0.0112. The van der Waals surface area contributed by atoms with Crippen LogP contribution in [-0.4, -0.2) is 42.0 Å². The number of benzene rings is 2. The van der Waals surface area contributed by atoms with E-state index in [1.165, 1.54) is 28.2 Å². The molecule has 0 N–H and O–H groups in total. The summed E-state index contributed by atoms with van der Waals surface area (Å²) < 4.78 is 0. The van der Waals surface area contributed by atoms with Gasteiger partial charge in [-0.2, -0.15) is 0 Å². The number of nitrogens with zero attached hydrogens (tertiary/aromatic N) is 3. The Hall–Kier alpha value is -2.37. The van der Waals surface area contributed by atoms with Crippen LogP contribution in [0.1, 0.15) is 21.6 Å². The van der Waals surface area contributed by atoms with Crippen LogP contribution in [0, 0.1) is 13.8 Å². The molecule has 3 aromatic rings. The third kappa shape index (κ3) is 3.77. The second-order valence-corrected chi connectivity index (χ2v) is 8.34. The van der Waals surface area contributed by atoms with Gasteiger partial charge in [0.2, 0.25) is 0 Å². The quantitative estimate of drug-likeness (QED) is 0.605. The monoisotopic (exact) mass is 411 g/mol. The van der Waals surface area contributed by atoms with E-state index in [4.69, 9.17) is 11.6 Å². The van der Waals surface area contributed by atoms with E-state index in [0.717, 1.165) is 23.7 Å². The molecular weight excluding hydrogens is 390 g/mol. The summed E-state index contributed by atoms with van der Waals surface area (Å²) in [5.41, 5.74) is 5.39. The molecule has 1 aromatic heterocycles. The molecule has 6 heteroatoms. The predicted molar refractivity (Wildman–Crippen MR) is 117 cm³/mol. The van der Waals surface area contributed by atoms with E-state index in [0.29, 0.717) is 23.8 Å². The van der Waals surface area contributed by atoms with Crippen molar-refractivity contribution in [1.82, 2.24) is 9.88 Å². The van der Waals surface area contributed by atoms with E-state index in [1.807, 2.05) is 34.5 Å².